The van der Waals surface area contributed by atoms with Gasteiger partial charge in [-0.2, -0.15) is 0 Å². The fraction of sp³-hybridized carbons (Fsp3) is 0.308. The molecular weight excluding hydrogens is 220 g/mol. The lowest BCUT2D eigenvalue weighted by atomic mass is 10.1. The highest BCUT2D eigenvalue weighted by atomic mass is 16.5. The Morgan fingerprint density at radius 2 is 2.06 bits per heavy atom. The standard InChI is InChI=1S/C13H14O4/c1-13(2,16)7-6-9-4-5-10(11(14)8-9)12(15)17-3/h4-5,8,14,16H,1-3H3. The summed E-state index contributed by atoms with van der Waals surface area (Å²) in [6.07, 6.45) is 0. The number of phenols is 1. The van der Waals surface area contributed by atoms with E-state index in [0.717, 1.165) is 0 Å². The maximum absolute atomic E-state index is 11.2. The molecule has 1 rings (SSSR count). The van der Waals surface area contributed by atoms with Crippen molar-refractivity contribution in [1.29, 1.82) is 0 Å². The van der Waals surface area contributed by atoms with Crippen LogP contribution in [0.25, 0.3) is 0 Å². The minimum absolute atomic E-state index is 0.0845. The summed E-state index contributed by atoms with van der Waals surface area (Å²) < 4.78 is 4.50. The molecule has 0 amide bonds. The van der Waals surface area contributed by atoms with Crippen molar-refractivity contribution in [3.8, 4) is 17.6 Å². The van der Waals surface area contributed by atoms with Gasteiger partial charge in [-0.1, -0.05) is 11.8 Å². The highest BCUT2D eigenvalue weighted by molar-refractivity contribution is 5.92. The number of methoxy groups -OCH3 is 1. The molecule has 0 saturated carbocycles. The zero-order valence-corrected chi connectivity index (χ0v) is 9.94. The van der Waals surface area contributed by atoms with Crippen molar-refractivity contribution in [2.24, 2.45) is 0 Å². The first kappa shape index (κ1) is 13.1. The molecule has 0 aliphatic rings. The smallest absolute Gasteiger partial charge is 0.341 e. The second kappa shape index (κ2) is 4.89. The largest absolute Gasteiger partial charge is 0.507 e. The molecule has 1 aromatic rings. The van der Waals surface area contributed by atoms with Crippen LogP contribution in [0.4, 0.5) is 0 Å². The quantitative estimate of drug-likeness (QED) is 0.567. The average Bonchev–Trinajstić information content (AvgIpc) is 2.24. The molecule has 0 bridgehead atoms. The molecule has 0 aliphatic carbocycles. The van der Waals surface area contributed by atoms with Crippen molar-refractivity contribution in [2.75, 3.05) is 7.11 Å². The SMILES string of the molecule is COC(=O)c1ccc(C#CC(C)(C)O)cc1O. The molecule has 2 N–H and O–H groups in total. The highest BCUT2D eigenvalue weighted by Gasteiger charge is 2.11. The maximum Gasteiger partial charge on any atom is 0.341 e. The number of aromatic hydroxyl groups is 1. The Hall–Kier alpha value is -1.99. The third kappa shape index (κ3) is 3.82. The van der Waals surface area contributed by atoms with E-state index in [9.17, 15) is 15.0 Å². The third-order valence-corrected chi connectivity index (χ3v) is 1.92. The number of ether oxygens (including phenoxy) is 1. The van der Waals surface area contributed by atoms with Crippen molar-refractivity contribution in [3.05, 3.63) is 29.3 Å². The van der Waals surface area contributed by atoms with Gasteiger partial charge in [-0.3, -0.25) is 0 Å². The summed E-state index contributed by atoms with van der Waals surface area (Å²) in [6.45, 7) is 3.12. The van der Waals surface area contributed by atoms with Crippen LogP contribution in [0.3, 0.4) is 0 Å². The summed E-state index contributed by atoms with van der Waals surface area (Å²) in [4.78, 5) is 11.2. The predicted octanol–water partition coefficient (Wildman–Crippen LogP) is 1.30. The Kier molecular flexibility index (Phi) is 3.77. The molecule has 0 spiro atoms. The fourth-order valence-corrected chi connectivity index (χ4v) is 1.12. The summed E-state index contributed by atoms with van der Waals surface area (Å²) in [5, 5.41) is 19.0. The molecule has 0 aliphatic heterocycles. The fourth-order valence-electron chi connectivity index (χ4n) is 1.12. The van der Waals surface area contributed by atoms with Crippen LogP contribution in [0, 0.1) is 11.8 Å². The zero-order valence-electron chi connectivity index (χ0n) is 9.94. The predicted molar refractivity (Wildman–Crippen MR) is 62.6 cm³/mol. The highest BCUT2D eigenvalue weighted by Crippen LogP contribution is 2.19. The molecular formula is C13H14O4. The Bertz CT molecular complexity index is 486. The van der Waals surface area contributed by atoms with E-state index in [-0.39, 0.29) is 11.3 Å². The molecule has 17 heavy (non-hydrogen) atoms. The van der Waals surface area contributed by atoms with Crippen LogP contribution in [0.5, 0.6) is 5.75 Å². The van der Waals surface area contributed by atoms with Crippen molar-refractivity contribution < 1.29 is 19.7 Å². The van der Waals surface area contributed by atoms with Crippen LogP contribution < -0.4 is 0 Å². The van der Waals surface area contributed by atoms with Gasteiger partial charge in [0.2, 0.25) is 0 Å². The van der Waals surface area contributed by atoms with Gasteiger partial charge in [0, 0.05) is 5.56 Å². The third-order valence-electron chi connectivity index (χ3n) is 1.92. The molecule has 4 nitrogen and oxygen atoms in total. The summed E-state index contributed by atoms with van der Waals surface area (Å²) in [6, 6.07) is 4.35. The number of carbonyl (C=O) groups excluding carboxylic acids is 1. The number of benzene rings is 1. The van der Waals surface area contributed by atoms with E-state index in [1.54, 1.807) is 19.9 Å². The Morgan fingerprint density at radius 3 is 2.53 bits per heavy atom. The number of esters is 1. The number of phenolic OH excluding ortho intramolecular Hbond substituents is 1. The molecule has 0 heterocycles. The lowest BCUT2D eigenvalue weighted by Crippen LogP contribution is -2.14. The topological polar surface area (TPSA) is 66.8 Å². The van der Waals surface area contributed by atoms with E-state index in [0.29, 0.717) is 5.56 Å². The lowest BCUT2D eigenvalue weighted by Gasteiger charge is -2.06. The van der Waals surface area contributed by atoms with Crippen molar-refractivity contribution in [3.63, 3.8) is 0 Å². The Morgan fingerprint density at radius 1 is 1.41 bits per heavy atom. The van der Waals surface area contributed by atoms with Crippen molar-refractivity contribution in [2.45, 2.75) is 19.4 Å². The number of rotatable bonds is 1. The minimum Gasteiger partial charge on any atom is -0.507 e. The number of hydrogen-bond donors (Lipinski definition) is 2. The number of aliphatic hydroxyl groups is 1. The van der Waals surface area contributed by atoms with E-state index in [1.807, 2.05) is 0 Å². The van der Waals surface area contributed by atoms with Gasteiger partial charge < -0.3 is 14.9 Å². The number of hydrogen-bond acceptors (Lipinski definition) is 4. The molecule has 0 atom stereocenters. The van der Waals surface area contributed by atoms with Gasteiger partial charge in [0.15, 0.2) is 0 Å². The first-order chi connectivity index (χ1) is 7.83. The molecule has 0 radical (unpaired) electrons. The molecule has 4 heteroatoms. The van der Waals surface area contributed by atoms with Gasteiger partial charge in [0.1, 0.15) is 16.9 Å². The minimum atomic E-state index is -1.10. The average molecular weight is 234 g/mol. The second-order valence-electron chi connectivity index (χ2n) is 4.03. The second-order valence-corrected chi connectivity index (χ2v) is 4.03. The summed E-state index contributed by atoms with van der Waals surface area (Å²) in [7, 11) is 1.24. The maximum atomic E-state index is 11.2. The summed E-state index contributed by atoms with van der Waals surface area (Å²) >= 11 is 0. The van der Waals surface area contributed by atoms with Crippen LogP contribution in [0.2, 0.25) is 0 Å². The van der Waals surface area contributed by atoms with E-state index in [1.165, 1.54) is 19.2 Å². The summed E-state index contributed by atoms with van der Waals surface area (Å²) in [5.74, 6) is 4.50. The van der Waals surface area contributed by atoms with Gasteiger partial charge >= 0.3 is 5.97 Å². The first-order valence-corrected chi connectivity index (χ1v) is 5.00. The van der Waals surface area contributed by atoms with E-state index in [4.69, 9.17) is 0 Å². The van der Waals surface area contributed by atoms with Crippen LogP contribution in [-0.2, 0) is 4.74 Å². The zero-order chi connectivity index (χ0) is 13.1. The van der Waals surface area contributed by atoms with Gasteiger partial charge in [-0.05, 0) is 32.0 Å². The van der Waals surface area contributed by atoms with Crippen LogP contribution in [-0.4, -0.2) is 28.9 Å². The monoisotopic (exact) mass is 234 g/mol. The van der Waals surface area contributed by atoms with Crippen LogP contribution in [0.15, 0.2) is 18.2 Å². The Balaban J connectivity index is 3.04. The lowest BCUT2D eigenvalue weighted by molar-refractivity contribution is 0.0597. The van der Waals surface area contributed by atoms with Gasteiger partial charge in [0.25, 0.3) is 0 Å². The molecule has 0 fully saturated rings. The summed E-state index contributed by atoms with van der Waals surface area (Å²) in [5.41, 5.74) is -0.505. The Labute approximate surface area is 99.8 Å². The van der Waals surface area contributed by atoms with E-state index >= 15 is 0 Å². The van der Waals surface area contributed by atoms with Crippen molar-refractivity contribution >= 4 is 5.97 Å². The first-order valence-electron chi connectivity index (χ1n) is 5.00. The van der Waals surface area contributed by atoms with Gasteiger partial charge in [0.05, 0.1) is 7.11 Å². The molecule has 0 unspecified atom stereocenters. The molecule has 0 saturated heterocycles. The molecule has 90 valence electrons. The van der Waals surface area contributed by atoms with Gasteiger partial charge in [-0.25, -0.2) is 4.79 Å². The molecule has 1 aromatic carbocycles. The normalized spacial score (nSPS) is 10.4. The number of carbonyl (C=O) groups is 1. The van der Waals surface area contributed by atoms with Crippen LogP contribution >= 0.6 is 0 Å². The van der Waals surface area contributed by atoms with Crippen LogP contribution in [0.1, 0.15) is 29.8 Å². The molecule has 0 aromatic heterocycles. The van der Waals surface area contributed by atoms with E-state index in [2.05, 4.69) is 16.6 Å². The van der Waals surface area contributed by atoms with Crippen molar-refractivity contribution in [1.82, 2.24) is 0 Å². The van der Waals surface area contributed by atoms with Gasteiger partial charge in [-0.15, -0.1) is 0 Å². The van der Waals surface area contributed by atoms with E-state index < -0.39 is 11.6 Å².